The van der Waals surface area contributed by atoms with Gasteiger partial charge in [-0.05, 0) is 44.7 Å². The van der Waals surface area contributed by atoms with Gasteiger partial charge in [0.15, 0.2) is 0 Å². The number of para-hydroxylation sites is 1. The summed E-state index contributed by atoms with van der Waals surface area (Å²) < 4.78 is 5.36. The van der Waals surface area contributed by atoms with Gasteiger partial charge in [-0.3, -0.25) is 14.6 Å². The number of nitrogens with one attached hydrogen (secondary N) is 1. The molecule has 1 aromatic heterocycles. The van der Waals surface area contributed by atoms with Crippen molar-refractivity contribution >= 4 is 11.8 Å². The van der Waals surface area contributed by atoms with Crippen molar-refractivity contribution in [3.63, 3.8) is 0 Å². The maximum atomic E-state index is 13.2. The third-order valence-electron chi connectivity index (χ3n) is 5.65. The van der Waals surface area contributed by atoms with E-state index in [1.54, 1.807) is 13.3 Å². The van der Waals surface area contributed by atoms with Gasteiger partial charge in [-0.2, -0.15) is 0 Å². The number of piperidine rings is 1. The van der Waals surface area contributed by atoms with Crippen LogP contribution in [-0.4, -0.2) is 51.9 Å². The molecule has 0 saturated carbocycles. The molecule has 7 nitrogen and oxygen atoms in total. The van der Waals surface area contributed by atoms with Crippen molar-refractivity contribution in [1.29, 1.82) is 0 Å². The number of hydrogen-bond donors (Lipinski definition) is 1. The number of methoxy groups -OCH3 is 1. The number of aryl methyl sites for hydroxylation is 1. The van der Waals surface area contributed by atoms with Gasteiger partial charge >= 0.3 is 0 Å². The van der Waals surface area contributed by atoms with Crippen molar-refractivity contribution in [3.8, 4) is 5.75 Å². The molecular formula is C21H24N4O3. The first kappa shape index (κ1) is 18.4. The summed E-state index contributed by atoms with van der Waals surface area (Å²) in [5.74, 6) is 0.404. The van der Waals surface area contributed by atoms with Gasteiger partial charge in [0.1, 0.15) is 11.4 Å². The summed E-state index contributed by atoms with van der Waals surface area (Å²) in [6.07, 6.45) is 6.52. The molecule has 3 heterocycles. The molecule has 2 unspecified atom stereocenters. The van der Waals surface area contributed by atoms with E-state index in [1.807, 2.05) is 36.1 Å². The minimum absolute atomic E-state index is 0.0131. The van der Waals surface area contributed by atoms with Crippen LogP contribution in [0.2, 0.25) is 0 Å². The Labute approximate surface area is 164 Å². The van der Waals surface area contributed by atoms with Gasteiger partial charge in [0.25, 0.3) is 11.8 Å². The molecule has 2 aliphatic heterocycles. The van der Waals surface area contributed by atoms with E-state index >= 15 is 0 Å². The minimum atomic E-state index is -0.207. The monoisotopic (exact) mass is 380 g/mol. The fourth-order valence-corrected chi connectivity index (χ4v) is 4.36. The van der Waals surface area contributed by atoms with E-state index in [2.05, 4.69) is 15.3 Å². The summed E-state index contributed by atoms with van der Waals surface area (Å²) >= 11 is 0. The van der Waals surface area contributed by atoms with Crippen LogP contribution < -0.4 is 10.1 Å². The van der Waals surface area contributed by atoms with E-state index in [0.717, 1.165) is 31.4 Å². The molecule has 2 aromatic rings. The highest BCUT2D eigenvalue weighted by atomic mass is 16.5. The van der Waals surface area contributed by atoms with Crippen LogP contribution in [0.15, 0.2) is 36.7 Å². The summed E-state index contributed by atoms with van der Waals surface area (Å²) in [4.78, 5) is 35.9. The van der Waals surface area contributed by atoms with E-state index < -0.39 is 0 Å². The molecule has 0 aliphatic carbocycles. The number of amides is 2. The Morgan fingerprint density at radius 3 is 2.46 bits per heavy atom. The molecule has 0 spiro atoms. The second kappa shape index (κ2) is 7.58. The zero-order valence-corrected chi connectivity index (χ0v) is 16.1. The van der Waals surface area contributed by atoms with Gasteiger partial charge in [-0.25, -0.2) is 4.98 Å². The number of fused-ring (bicyclic) bond motifs is 2. The lowest BCUT2D eigenvalue weighted by Crippen LogP contribution is -2.52. The lowest BCUT2D eigenvalue weighted by Gasteiger charge is -2.39. The molecule has 2 amide bonds. The Balaban J connectivity index is 1.45. The van der Waals surface area contributed by atoms with Gasteiger partial charge in [0, 0.05) is 24.3 Å². The number of benzene rings is 1. The molecular weight excluding hydrogens is 356 g/mol. The summed E-state index contributed by atoms with van der Waals surface area (Å²) in [5.41, 5.74) is 1.70. The SMILES string of the molecule is COc1ccccc1C(=O)N1C2CCC1CC(NC(=O)c1cnc(C)cn1)C2. The number of carbonyl (C=O) groups excluding carboxylic acids is 2. The smallest absolute Gasteiger partial charge is 0.271 e. The molecule has 2 bridgehead atoms. The number of nitrogens with zero attached hydrogens (tertiary/aromatic N) is 3. The largest absolute Gasteiger partial charge is 0.496 e. The standard InChI is InChI=1S/C21H24N4O3/c1-13-11-23-18(12-22-13)20(26)24-14-9-15-7-8-16(10-14)25(15)21(27)17-5-3-4-6-19(17)28-2/h3-6,11-12,14-16H,7-10H2,1-2H3,(H,24,26). The Morgan fingerprint density at radius 2 is 1.82 bits per heavy atom. The lowest BCUT2D eigenvalue weighted by molar-refractivity contribution is 0.0546. The first-order chi connectivity index (χ1) is 13.6. The summed E-state index contributed by atoms with van der Waals surface area (Å²) in [5, 5.41) is 3.07. The van der Waals surface area contributed by atoms with Crippen molar-refractivity contribution in [2.45, 2.75) is 50.7 Å². The van der Waals surface area contributed by atoms with E-state index in [4.69, 9.17) is 4.74 Å². The molecule has 28 heavy (non-hydrogen) atoms. The van der Waals surface area contributed by atoms with Crippen LogP contribution in [0, 0.1) is 6.92 Å². The predicted octanol–water partition coefficient (Wildman–Crippen LogP) is 2.36. The first-order valence-electron chi connectivity index (χ1n) is 9.62. The lowest BCUT2D eigenvalue weighted by atomic mass is 9.96. The van der Waals surface area contributed by atoms with Gasteiger partial charge in [0.05, 0.1) is 24.6 Å². The number of carbonyl (C=O) groups is 2. The van der Waals surface area contributed by atoms with Crippen molar-refractivity contribution in [2.24, 2.45) is 0 Å². The molecule has 2 atom stereocenters. The number of ether oxygens (including phenoxy) is 1. The van der Waals surface area contributed by atoms with Crippen LogP contribution in [0.4, 0.5) is 0 Å². The van der Waals surface area contributed by atoms with E-state index in [1.165, 1.54) is 6.20 Å². The highest BCUT2D eigenvalue weighted by Crippen LogP contribution is 2.37. The summed E-state index contributed by atoms with van der Waals surface area (Å²) in [6.45, 7) is 1.83. The molecule has 2 aliphatic rings. The molecule has 7 heteroatoms. The Kier molecular flexibility index (Phi) is 4.98. The van der Waals surface area contributed by atoms with Gasteiger partial charge in [-0.1, -0.05) is 12.1 Å². The van der Waals surface area contributed by atoms with Crippen LogP contribution in [0.1, 0.15) is 52.2 Å². The molecule has 2 saturated heterocycles. The predicted molar refractivity (Wildman–Crippen MR) is 103 cm³/mol. The zero-order valence-electron chi connectivity index (χ0n) is 16.1. The van der Waals surface area contributed by atoms with Gasteiger partial charge < -0.3 is 15.0 Å². The third-order valence-corrected chi connectivity index (χ3v) is 5.65. The van der Waals surface area contributed by atoms with Crippen LogP contribution >= 0.6 is 0 Å². The highest BCUT2D eigenvalue weighted by Gasteiger charge is 2.44. The van der Waals surface area contributed by atoms with Crippen molar-refractivity contribution < 1.29 is 14.3 Å². The quantitative estimate of drug-likeness (QED) is 0.880. The molecule has 4 rings (SSSR count). The molecule has 1 aromatic carbocycles. The Morgan fingerprint density at radius 1 is 1.11 bits per heavy atom. The molecule has 0 radical (unpaired) electrons. The normalized spacial score (nSPS) is 23.4. The number of hydrogen-bond acceptors (Lipinski definition) is 5. The maximum Gasteiger partial charge on any atom is 0.271 e. The summed E-state index contributed by atoms with van der Waals surface area (Å²) in [7, 11) is 1.58. The van der Waals surface area contributed by atoms with Crippen LogP contribution in [-0.2, 0) is 0 Å². The highest BCUT2D eigenvalue weighted by molar-refractivity contribution is 5.97. The number of rotatable bonds is 4. The van der Waals surface area contributed by atoms with E-state index in [-0.39, 0.29) is 29.9 Å². The van der Waals surface area contributed by atoms with E-state index in [9.17, 15) is 9.59 Å². The first-order valence-corrected chi connectivity index (χ1v) is 9.62. The molecule has 146 valence electrons. The second-order valence-electron chi connectivity index (χ2n) is 7.48. The van der Waals surface area contributed by atoms with Crippen molar-refractivity contribution in [1.82, 2.24) is 20.2 Å². The van der Waals surface area contributed by atoms with Gasteiger partial charge in [0.2, 0.25) is 0 Å². The Hall–Kier alpha value is -2.96. The molecule has 2 fully saturated rings. The van der Waals surface area contributed by atoms with Crippen molar-refractivity contribution in [2.75, 3.05) is 7.11 Å². The van der Waals surface area contributed by atoms with E-state index in [0.29, 0.717) is 17.0 Å². The van der Waals surface area contributed by atoms with Crippen LogP contribution in [0.25, 0.3) is 0 Å². The fourth-order valence-electron chi connectivity index (χ4n) is 4.36. The fraction of sp³-hybridized carbons (Fsp3) is 0.429. The van der Waals surface area contributed by atoms with Gasteiger partial charge in [-0.15, -0.1) is 0 Å². The maximum absolute atomic E-state index is 13.2. The third kappa shape index (κ3) is 3.44. The topological polar surface area (TPSA) is 84.4 Å². The minimum Gasteiger partial charge on any atom is -0.496 e. The summed E-state index contributed by atoms with van der Waals surface area (Å²) in [6, 6.07) is 7.63. The van der Waals surface area contributed by atoms with Crippen LogP contribution in [0.5, 0.6) is 5.75 Å². The average Bonchev–Trinajstić information content (AvgIpc) is 2.98. The average molecular weight is 380 g/mol. The van der Waals surface area contributed by atoms with Crippen molar-refractivity contribution in [3.05, 3.63) is 53.6 Å². The zero-order chi connectivity index (χ0) is 19.7. The van der Waals surface area contributed by atoms with Crippen LogP contribution in [0.3, 0.4) is 0 Å². The number of aromatic nitrogens is 2. The molecule has 1 N–H and O–H groups in total. The second-order valence-corrected chi connectivity index (χ2v) is 7.48. The Bertz CT molecular complexity index is 869.